The minimum atomic E-state index is -1.02. The van der Waals surface area contributed by atoms with Gasteiger partial charge in [-0.3, -0.25) is 9.59 Å². The predicted molar refractivity (Wildman–Crippen MR) is 59.5 cm³/mol. The summed E-state index contributed by atoms with van der Waals surface area (Å²) in [5.41, 5.74) is 0. The van der Waals surface area contributed by atoms with Crippen molar-refractivity contribution in [3.05, 3.63) is 0 Å². The Morgan fingerprint density at radius 1 is 1.33 bits per heavy atom. The Labute approximate surface area is 105 Å². The molecule has 0 aromatic heterocycles. The van der Waals surface area contributed by atoms with Crippen LogP contribution in [0.1, 0.15) is 12.8 Å². The van der Waals surface area contributed by atoms with E-state index in [9.17, 15) is 14.4 Å². The van der Waals surface area contributed by atoms with Gasteiger partial charge in [-0.1, -0.05) is 0 Å². The van der Waals surface area contributed by atoms with Crippen LogP contribution in [0.25, 0.3) is 0 Å². The molecule has 0 bridgehead atoms. The second-order valence-corrected chi connectivity index (χ2v) is 3.93. The van der Waals surface area contributed by atoms with Gasteiger partial charge in [-0.15, -0.1) is 0 Å². The standard InChI is InChI=1S/C11H17NO6/c1-16-9(13)5-8(11(15)17-2)12-10(14)7-3-4-18-6-7/h7-8H,3-6H2,1-2H3,(H,12,14)/t7-,8-/m1/s1. The molecule has 0 aromatic rings. The number of amides is 1. The molecule has 2 atom stereocenters. The lowest BCUT2D eigenvalue weighted by Crippen LogP contribution is -2.45. The molecule has 102 valence electrons. The van der Waals surface area contributed by atoms with Gasteiger partial charge in [0.2, 0.25) is 5.91 Å². The van der Waals surface area contributed by atoms with Crippen molar-refractivity contribution in [2.24, 2.45) is 5.92 Å². The minimum absolute atomic E-state index is 0.248. The first kappa shape index (κ1) is 14.4. The molecule has 7 nitrogen and oxygen atoms in total. The quantitative estimate of drug-likeness (QED) is 0.653. The van der Waals surface area contributed by atoms with E-state index in [0.717, 1.165) is 0 Å². The van der Waals surface area contributed by atoms with E-state index < -0.39 is 18.0 Å². The largest absolute Gasteiger partial charge is 0.469 e. The number of hydrogen-bond acceptors (Lipinski definition) is 6. The Balaban J connectivity index is 2.56. The highest BCUT2D eigenvalue weighted by Gasteiger charge is 2.30. The van der Waals surface area contributed by atoms with Gasteiger partial charge in [-0.25, -0.2) is 4.79 Å². The van der Waals surface area contributed by atoms with Crippen LogP contribution < -0.4 is 5.32 Å². The SMILES string of the molecule is COC(=O)C[C@@H](NC(=O)[C@@H]1CCOC1)C(=O)OC. The van der Waals surface area contributed by atoms with Crippen LogP contribution in [0.4, 0.5) is 0 Å². The van der Waals surface area contributed by atoms with Crippen LogP contribution in [0.2, 0.25) is 0 Å². The summed E-state index contributed by atoms with van der Waals surface area (Å²) in [6.07, 6.45) is 0.362. The van der Waals surface area contributed by atoms with Crippen LogP contribution in [0.15, 0.2) is 0 Å². The summed E-state index contributed by atoms with van der Waals surface area (Å²) in [6.45, 7) is 0.857. The van der Waals surface area contributed by atoms with E-state index in [2.05, 4.69) is 14.8 Å². The zero-order valence-electron chi connectivity index (χ0n) is 10.4. The van der Waals surface area contributed by atoms with Gasteiger partial charge < -0.3 is 19.5 Å². The third kappa shape index (κ3) is 3.99. The minimum Gasteiger partial charge on any atom is -0.469 e. The lowest BCUT2D eigenvalue weighted by Gasteiger charge is -2.17. The molecule has 1 amide bonds. The van der Waals surface area contributed by atoms with Crippen molar-refractivity contribution in [2.75, 3.05) is 27.4 Å². The first-order valence-electron chi connectivity index (χ1n) is 5.61. The van der Waals surface area contributed by atoms with Gasteiger partial charge >= 0.3 is 11.9 Å². The van der Waals surface area contributed by atoms with Crippen LogP contribution in [0, 0.1) is 5.92 Å². The van der Waals surface area contributed by atoms with Gasteiger partial charge in [0, 0.05) is 6.61 Å². The molecule has 0 unspecified atom stereocenters. The molecule has 1 heterocycles. The molecule has 1 saturated heterocycles. The van der Waals surface area contributed by atoms with Crippen LogP contribution in [-0.4, -0.2) is 51.3 Å². The highest BCUT2D eigenvalue weighted by atomic mass is 16.5. The number of methoxy groups -OCH3 is 2. The molecule has 0 aliphatic carbocycles. The number of ether oxygens (including phenoxy) is 3. The van der Waals surface area contributed by atoms with Crippen molar-refractivity contribution in [2.45, 2.75) is 18.9 Å². The summed E-state index contributed by atoms with van der Waals surface area (Å²) in [7, 11) is 2.40. The fourth-order valence-electron chi connectivity index (χ4n) is 1.62. The maximum Gasteiger partial charge on any atom is 0.328 e. The maximum absolute atomic E-state index is 11.8. The summed E-state index contributed by atoms with van der Waals surface area (Å²) in [5.74, 6) is -1.86. The van der Waals surface area contributed by atoms with Gasteiger partial charge in [0.25, 0.3) is 0 Å². The Morgan fingerprint density at radius 3 is 2.56 bits per heavy atom. The zero-order chi connectivity index (χ0) is 13.5. The number of rotatable bonds is 5. The summed E-state index contributed by atoms with van der Waals surface area (Å²) in [4.78, 5) is 34.4. The molecule has 7 heteroatoms. The number of carbonyl (C=O) groups is 3. The molecule has 0 radical (unpaired) electrons. The van der Waals surface area contributed by atoms with Gasteiger partial charge in [0.05, 0.1) is 33.2 Å². The first-order valence-corrected chi connectivity index (χ1v) is 5.61. The Hall–Kier alpha value is -1.63. The molecular weight excluding hydrogens is 242 g/mol. The number of hydrogen-bond donors (Lipinski definition) is 1. The third-order valence-electron chi connectivity index (χ3n) is 2.70. The molecule has 0 saturated carbocycles. The molecule has 18 heavy (non-hydrogen) atoms. The predicted octanol–water partition coefficient (Wildman–Crippen LogP) is -0.756. The molecule has 0 spiro atoms. The molecule has 1 aliphatic heterocycles. The molecule has 1 N–H and O–H groups in total. The highest BCUT2D eigenvalue weighted by molar-refractivity contribution is 5.88. The summed E-state index contributed by atoms with van der Waals surface area (Å²) < 4.78 is 14.1. The van der Waals surface area contributed by atoms with Crippen molar-refractivity contribution >= 4 is 17.8 Å². The summed E-state index contributed by atoms with van der Waals surface area (Å²) in [6, 6.07) is -1.02. The van der Waals surface area contributed by atoms with E-state index in [1.165, 1.54) is 14.2 Å². The van der Waals surface area contributed by atoms with E-state index in [1.807, 2.05) is 0 Å². The van der Waals surface area contributed by atoms with Crippen LogP contribution in [0.5, 0.6) is 0 Å². The van der Waals surface area contributed by atoms with Crippen LogP contribution in [-0.2, 0) is 28.6 Å². The second-order valence-electron chi connectivity index (χ2n) is 3.93. The average Bonchev–Trinajstić information content (AvgIpc) is 2.90. The first-order chi connectivity index (χ1) is 8.58. The van der Waals surface area contributed by atoms with Crippen LogP contribution >= 0.6 is 0 Å². The van der Waals surface area contributed by atoms with Crippen molar-refractivity contribution in [3.8, 4) is 0 Å². The summed E-state index contributed by atoms with van der Waals surface area (Å²) >= 11 is 0. The van der Waals surface area contributed by atoms with E-state index in [1.54, 1.807) is 0 Å². The van der Waals surface area contributed by atoms with Crippen molar-refractivity contribution in [3.63, 3.8) is 0 Å². The Kier molecular flexibility index (Phi) is 5.57. The zero-order valence-corrected chi connectivity index (χ0v) is 10.4. The van der Waals surface area contributed by atoms with E-state index >= 15 is 0 Å². The van der Waals surface area contributed by atoms with Gasteiger partial charge in [0.15, 0.2) is 0 Å². The molecule has 0 aromatic carbocycles. The molecule has 1 rings (SSSR count). The monoisotopic (exact) mass is 259 g/mol. The van der Waals surface area contributed by atoms with Crippen molar-refractivity contribution < 1.29 is 28.6 Å². The topological polar surface area (TPSA) is 90.9 Å². The fraction of sp³-hybridized carbons (Fsp3) is 0.727. The van der Waals surface area contributed by atoms with Crippen LogP contribution in [0.3, 0.4) is 0 Å². The smallest absolute Gasteiger partial charge is 0.328 e. The summed E-state index contributed by atoms with van der Waals surface area (Å²) in [5, 5.41) is 2.48. The lowest BCUT2D eigenvalue weighted by atomic mass is 10.1. The van der Waals surface area contributed by atoms with E-state index in [0.29, 0.717) is 19.6 Å². The number of nitrogens with one attached hydrogen (secondary N) is 1. The van der Waals surface area contributed by atoms with E-state index in [4.69, 9.17) is 4.74 Å². The number of carbonyl (C=O) groups excluding carboxylic acids is 3. The second kappa shape index (κ2) is 6.95. The Morgan fingerprint density at radius 2 is 2.06 bits per heavy atom. The third-order valence-corrected chi connectivity index (χ3v) is 2.70. The molecular formula is C11H17NO6. The van der Waals surface area contributed by atoms with Gasteiger partial charge in [-0.2, -0.15) is 0 Å². The highest BCUT2D eigenvalue weighted by Crippen LogP contribution is 2.13. The maximum atomic E-state index is 11.8. The normalized spacial score (nSPS) is 20.0. The molecule has 1 fully saturated rings. The van der Waals surface area contributed by atoms with Crippen molar-refractivity contribution in [1.82, 2.24) is 5.32 Å². The molecule has 1 aliphatic rings. The average molecular weight is 259 g/mol. The van der Waals surface area contributed by atoms with E-state index in [-0.39, 0.29) is 18.2 Å². The van der Waals surface area contributed by atoms with Gasteiger partial charge in [0.1, 0.15) is 6.04 Å². The lowest BCUT2D eigenvalue weighted by molar-refractivity contribution is -0.151. The van der Waals surface area contributed by atoms with Crippen molar-refractivity contribution in [1.29, 1.82) is 0 Å². The number of esters is 2. The fourth-order valence-corrected chi connectivity index (χ4v) is 1.62. The Bertz CT molecular complexity index is 323. The van der Waals surface area contributed by atoms with Gasteiger partial charge in [-0.05, 0) is 6.42 Å².